The molecule has 1 atom stereocenters. The Morgan fingerprint density at radius 2 is 1.47 bits per heavy atom. The van der Waals surface area contributed by atoms with Crippen LogP contribution in [0.15, 0.2) is 78.9 Å². The van der Waals surface area contributed by atoms with Gasteiger partial charge in [-0.15, -0.1) is 0 Å². The van der Waals surface area contributed by atoms with Gasteiger partial charge in [0.25, 0.3) is 0 Å². The molecule has 3 aromatic carbocycles. The first-order valence-electron chi connectivity index (χ1n) is 11.0. The molecule has 0 aliphatic heterocycles. The fourth-order valence-corrected chi connectivity index (χ4v) is 4.51. The van der Waals surface area contributed by atoms with Crippen LogP contribution in [0, 0.1) is 0 Å². The topological polar surface area (TPSA) is 66.8 Å². The van der Waals surface area contributed by atoms with Crippen LogP contribution in [-0.2, 0) is 16.0 Å². The predicted octanol–water partition coefficient (Wildman–Crippen LogP) is 5.34. The summed E-state index contributed by atoms with van der Waals surface area (Å²) in [7, 11) is 0. The number of carboxylic acid groups (broad SMARTS) is 1. The van der Waals surface area contributed by atoms with Gasteiger partial charge >= 0.3 is 12.1 Å². The van der Waals surface area contributed by atoms with Crippen LogP contribution in [0.5, 0.6) is 0 Å². The lowest BCUT2D eigenvalue weighted by molar-refractivity contribution is -0.143. The van der Waals surface area contributed by atoms with Crippen molar-refractivity contribution in [2.75, 3.05) is 13.2 Å². The second kappa shape index (κ2) is 9.69. The number of ether oxygens (including phenoxy) is 1. The molecule has 1 aliphatic carbocycles. The van der Waals surface area contributed by atoms with Gasteiger partial charge in [-0.1, -0.05) is 78.9 Å². The maximum atomic E-state index is 13.0. The zero-order chi connectivity index (χ0) is 22.5. The van der Waals surface area contributed by atoms with Crippen molar-refractivity contribution in [3.63, 3.8) is 0 Å². The van der Waals surface area contributed by atoms with Gasteiger partial charge in [-0.3, -0.25) is 4.90 Å². The summed E-state index contributed by atoms with van der Waals surface area (Å²) in [6, 6.07) is 25.0. The van der Waals surface area contributed by atoms with Crippen molar-refractivity contribution in [3.8, 4) is 11.1 Å². The lowest BCUT2D eigenvalue weighted by Crippen LogP contribution is -2.45. The largest absolute Gasteiger partial charge is 0.480 e. The number of carbonyl (C=O) groups excluding carboxylic acids is 1. The van der Waals surface area contributed by atoms with Crippen LogP contribution < -0.4 is 0 Å². The highest BCUT2D eigenvalue weighted by atomic mass is 16.6. The molecule has 1 aliphatic rings. The molecule has 5 nitrogen and oxygen atoms in total. The van der Waals surface area contributed by atoms with Gasteiger partial charge in [-0.2, -0.15) is 0 Å². The standard InChI is InChI=1S/C27H27NO4/c1-2-28(25(26(29)30)17-16-19-10-4-3-5-11-19)27(31)32-18-24-22-14-8-6-12-20(22)21-13-7-9-15-23(21)24/h3-15,24-25H,2,16-18H2,1H3,(H,29,30). The third-order valence-corrected chi connectivity index (χ3v) is 6.12. The molecule has 4 rings (SSSR count). The average Bonchev–Trinajstić information content (AvgIpc) is 3.14. The van der Waals surface area contributed by atoms with E-state index in [2.05, 4.69) is 24.3 Å². The summed E-state index contributed by atoms with van der Waals surface area (Å²) in [5.41, 5.74) is 5.61. The minimum Gasteiger partial charge on any atom is -0.480 e. The van der Waals surface area contributed by atoms with Crippen LogP contribution in [0.3, 0.4) is 0 Å². The summed E-state index contributed by atoms with van der Waals surface area (Å²) in [5.74, 6) is -1.08. The zero-order valence-corrected chi connectivity index (χ0v) is 18.1. The Kier molecular flexibility index (Phi) is 6.55. The molecule has 0 radical (unpaired) electrons. The van der Waals surface area contributed by atoms with Crippen LogP contribution in [0.2, 0.25) is 0 Å². The van der Waals surface area contributed by atoms with Crippen LogP contribution in [0.4, 0.5) is 4.79 Å². The molecule has 0 saturated carbocycles. The maximum absolute atomic E-state index is 13.0. The maximum Gasteiger partial charge on any atom is 0.410 e. The van der Waals surface area contributed by atoms with Crippen molar-refractivity contribution in [3.05, 3.63) is 95.6 Å². The first-order valence-corrected chi connectivity index (χ1v) is 11.0. The highest BCUT2D eigenvalue weighted by Crippen LogP contribution is 2.44. The molecule has 0 aromatic heterocycles. The summed E-state index contributed by atoms with van der Waals surface area (Å²) < 4.78 is 5.70. The van der Waals surface area contributed by atoms with Crippen molar-refractivity contribution in [1.82, 2.24) is 4.90 Å². The number of carbonyl (C=O) groups is 2. The first-order chi connectivity index (χ1) is 15.6. The van der Waals surface area contributed by atoms with Crippen molar-refractivity contribution < 1.29 is 19.4 Å². The molecule has 0 saturated heterocycles. The Balaban J connectivity index is 1.46. The van der Waals surface area contributed by atoms with E-state index < -0.39 is 18.1 Å². The number of amides is 1. The number of aliphatic carboxylic acids is 1. The molecule has 1 amide bonds. The van der Waals surface area contributed by atoms with Gasteiger partial charge in [0.05, 0.1) is 0 Å². The van der Waals surface area contributed by atoms with Gasteiger partial charge < -0.3 is 9.84 Å². The van der Waals surface area contributed by atoms with E-state index >= 15 is 0 Å². The van der Waals surface area contributed by atoms with Crippen LogP contribution >= 0.6 is 0 Å². The second-order valence-electron chi connectivity index (χ2n) is 7.97. The van der Waals surface area contributed by atoms with E-state index in [0.29, 0.717) is 12.8 Å². The Labute approximate surface area is 188 Å². The Morgan fingerprint density at radius 1 is 0.906 bits per heavy atom. The number of hydrogen-bond acceptors (Lipinski definition) is 3. The lowest BCUT2D eigenvalue weighted by atomic mass is 9.98. The molecule has 0 fully saturated rings. The summed E-state index contributed by atoms with van der Waals surface area (Å²) in [6.07, 6.45) is 0.317. The zero-order valence-electron chi connectivity index (χ0n) is 18.1. The molecule has 1 N–H and O–H groups in total. The normalized spacial score (nSPS) is 13.2. The smallest absolute Gasteiger partial charge is 0.410 e. The number of aryl methyl sites for hydroxylation is 1. The van der Waals surface area contributed by atoms with Gasteiger partial charge in [0.1, 0.15) is 12.6 Å². The highest BCUT2D eigenvalue weighted by Gasteiger charge is 2.32. The monoisotopic (exact) mass is 429 g/mol. The molecule has 1 unspecified atom stereocenters. The molecule has 0 spiro atoms. The molecule has 32 heavy (non-hydrogen) atoms. The van der Waals surface area contributed by atoms with Crippen LogP contribution in [0.25, 0.3) is 11.1 Å². The number of hydrogen-bond donors (Lipinski definition) is 1. The van der Waals surface area contributed by atoms with Crippen molar-refractivity contribution >= 4 is 12.1 Å². The van der Waals surface area contributed by atoms with E-state index in [0.717, 1.165) is 27.8 Å². The van der Waals surface area contributed by atoms with E-state index in [1.165, 1.54) is 4.90 Å². The van der Waals surface area contributed by atoms with Gasteiger partial charge in [0, 0.05) is 12.5 Å². The van der Waals surface area contributed by atoms with Crippen LogP contribution in [-0.4, -0.2) is 41.3 Å². The number of benzene rings is 3. The van der Waals surface area contributed by atoms with E-state index in [4.69, 9.17) is 4.74 Å². The quantitative estimate of drug-likeness (QED) is 0.525. The van der Waals surface area contributed by atoms with E-state index in [-0.39, 0.29) is 19.1 Å². The second-order valence-corrected chi connectivity index (χ2v) is 7.97. The number of rotatable bonds is 8. The average molecular weight is 430 g/mol. The van der Waals surface area contributed by atoms with E-state index in [1.54, 1.807) is 6.92 Å². The minimum absolute atomic E-state index is 0.0577. The fraction of sp³-hybridized carbons (Fsp3) is 0.259. The lowest BCUT2D eigenvalue weighted by Gasteiger charge is -2.28. The number of likely N-dealkylation sites (N-methyl/N-ethyl adjacent to an activating group) is 1. The molecular weight excluding hydrogens is 402 g/mol. The Bertz CT molecular complexity index is 1050. The highest BCUT2D eigenvalue weighted by molar-refractivity contribution is 5.81. The van der Waals surface area contributed by atoms with Crippen molar-refractivity contribution in [2.24, 2.45) is 0 Å². The van der Waals surface area contributed by atoms with Crippen molar-refractivity contribution in [1.29, 1.82) is 0 Å². The van der Waals surface area contributed by atoms with E-state index in [9.17, 15) is 14.7 Å². The Morgan fingerprint density at radius 3 is 2.03 bits per heavy atom. The molecule has 0 bridgehead atoms. The third kappa shape index (κ3) is 4.37. The number of fused-ring (bicyclic) bond motifs is 3. The summed E-state index contributed by atoms with van der Waals surface area (Å²) in [5, 5.41) is 9.79. The van der Waals surface area contributed by atoms with Gasteiger partial charge in [-0.25, -0.2) is 9.59 Å². The SMILES string of the molecule is CCN(C(=O)OCC1c2ccccc2-c2ccccc21)C(CCc1ccccc1)C(=O)O. The molecule has 3 aromatic rings. The van der Waals surface area contributed by atoms with Crippen molar-refractivity contribution in [2.45, 2.75) is 31.7 Å². The first kappa shape index (κ1) is 21.6. The summed E-state index contributed by atoms with van der Waals surface area (Å²) in [4.78, 5) is 26.2. The third-order valence-electron chi connectivity index (χ3n) is 6.12. The number of carboxylic acids is 1. The Hall–Kier alpha value is -3.60. The molecular formula is C27H27NO4. The van der Waals surface area contributed by atoms with Gasteiger partial charge in [0.2, 0.25) is 0 Å². The predicted molar refractivity (Wildman–Crippen MR) is 124 cm³/mol. The fourth-order valence-electron chi connectivity index (χ4n) is 4.51. The number of nitrogens with zero attached hydrogens (tertiary/aromatic N) is 1. The summed E-state index contributed by atoms with van der Waals surface area (Å²) in [6.45, 7) is 2.22. The van der Waals surface area contributed by atoms with Gasteiger partial charge in [0.15, 0.2) is 0 Å². The molecule has 0 heterocycles. The minimum atomic E-state index is -1.02. The van der Waals surface area contributed by atoms with Crippen LogP contribution in [0.1, 0.15) is 36.0 Å². The van der Waals surface area contributed by atoms with Gasteiger partial charge in [-0.05, 0) is 47.6 Å². The van der Waals surface area contributed by atoms with E-state index in [1.807, 2.05) is 54.6 Å². The molecule has 5 heteroatoms. The molecule has 164 valence electrons. The summed E-state index contributed by atoms with van der Waals surface area (Å²) >= 11 is 0.